The highest BCUT2D eigenvalue weighted by Gasteiger charge is 2.21. The average Bonchev–Trinajstić information content (AvgIpc) is 2.20. The van der Waals surface area contributed by atoms with E-state index in [0.29, 0.717) is 24.1 Å². The summed E-state index contributed by atoms with van der Waals surface area (Å²) in [7, 11) is 0. The van der Waals surface area contributed by atoms with E-state index in [9.17, 15) is 4.79 Å². The van der Waals surface area contributed by atoms with Crippen LogP contribution in [0.3, 0.4) is 0 Å². The summed E-state index contributed by atoms with van der Waals surface area (Å²) in [4.78, 5) is 11.6. The van der Waals surface area contributed by atoms with Gasteiger partial charge in [-0.1, -0.05) is 6.07 Å². The van der Waals surface area contributed by atoms with Crippen LogP contribution in [0.4, 0.5) is 5.69 Å². The monoisotopic (exact) mass is 186 g/mol. The fourth-order valence-electron chi connectivity index (χ4n) is 1.74. The first kappa shape index (κ1) is 8.76. The molecule has 0 fully saturated rings. The first-order valence-electron chi connectivity index (χ1n) is 4.55. The summed E-state index contributed by atoms with van der Waals surface area (Å²) in [6.45, 7) is 2.60. The molecule has 0 atom stereocenters. The van der Waals surface area contributed by atoms with E-state index in [2.05, 4.69) is 11.4 Å². The largest absolute Gasteiger partial charge is 0.384 e. The second-order valence-corrected chi connectivity index (χ2v) is 3.39. The number of hydrogen-bond donors (Lipinski definition) is 1. The molecule has 1 aromatic carbocycles. The fraction of sp³-hybridized carbons (Fsp3) is 0.273. The summed E-state index contributed by atoms with van der Waals surface area (Å²) >= 11 is 0. The Kier molecular flexibility index (Phi) is 1.97. The van der Waals surface area contributed by atoms with Gasteiger partial charge in [0.25, 0.3) is 0 Å². The van der Waals surface area contributed by atoms with Crippen molar-refractivity contribution in [3.8, 4) is 6.07 Å². The van der Waals surface area contributed by atoms with Crippen LogP contribution in [0.2, 0.25) is 0 Å². The number of carbonyl (C=O) groups excluding carboxylic acids is 1. The van der Waals surface area contributed by atoms with Crippen LogP contribution >= 0.6 is 0 Å². The molecular weight excluding hydrogens is 176 g/mol. The highest BCUT2D eigenvalue weighted by Crippen LogP contribution is 2.28. The van der Waals surface area contributed by atoms with Crippen LogP contribution in [0.25, 0.3) is 0 Å². The van der Waals surface area contributed by atoms with E-state index in [0.717, 1.165) is 11.3 Å². The molecule has 3 heteroatoms. The zero-order valence-electron chi connectivity index (χ0n) is 7.92. The quantitative estimate of drug-likeness (QED) is 0.672. The van der Waals surface area contributed by atoms with Crippen LogP contribution in [-0.4, -0.2) is 12.3 Å². The topological polar surface area (TPSA) is 52.9 Å². The molecule has 3 nitrogen and oxygen atoms in total. The van der Waals surface area contributed by atoms with Crippen molar-refractivity contribution in [2.75, 3.05) is 11.9 Å². The smallest absolute Gasteiger partial charge is 0.168 e. The first-order valence-corrected chi connectivity index (χ1v) is 4.55. The second kappa shape index (κ2) is 3.15. The molecule has 70 valence electrons. The van der Waals surface area contributed by atoms with Gasteiger partial charge in [-0.25, -0.2) is 0 Å². The average molecular weight is 186 g/mol. The van der Waals surface area contributed by atoms with E-state index in [1.165, 1.54) is 0 Å². The maximum Gasteiger partial charge on any atom is 0.168 e. The maximum atomic E-state index is 11.6. The van der Waals surface area contributed by atoms with Crippen molar-refractivity contribution in [2.45, 2.75) is 13.3 Å². The predicted molar refractivity (Wildman–Crippen MR) is 53.3 cm³/mol. The van der Waals surface area contributed by atoms with Gasteiger partial charge in [0.15, 0.2) is 5.78 Å². The predicted octanol–water partition coefficient (Wildman–Crippen LogP) is 1.86. The summed E-state index contributed by atoms with van der Waals surface area (Å²) in [6.07, 6.45) is 0.477. The van der Waals surface area contributed by atoms with Crippen LogP contribution in [0.15, 0.2) is 12.1 Å². The Balaban J connectivity index is 2.72. The third kappa shape index (κ3) is 1.16. The molecule has 0 spiro atoms. The number of nitrogens with one attached hydrogen (secondary N) is 1. The molecule has 0 saturated heterocycles. The molecule has 0 saturated carbocycles. The number of carbonyl (C=O) groups is 1. The van der Waals surface area contributed by atoms with Crippen molar-refractivity contribution in [3.63, 3.8) is 0 Å². The summed E-state index contributed by atoms with van der Waals surface area (Å²) in [5.74, 6) is 0.0685. The third-order valence-electron chi connectivity index (χ3n) is 2.47. The number of Topliss-reactive ketones (excluding diaryl/α,β-unsaturated/α-hetero) is 1. The van der Waals surface area contributed by atoms with Crippen molar-refractivity contribution >= 4 is 11.5 Å². The molecule has 1 aliphatic rings. The minimum atomic E-state index is 0.0685. The Labute approximate surface area is 82.4 Å². The van der Waals surface area contributed by atoms with Gasteiger partial charge in [0.05, 0.1) is 17.2 Å². The van der Waals surface area contributed by atoms with Crippen molar-refractivity contribution in [1.82, 2.24) is 0 Å². The molecule has 0 aromatic heterocycles. The van der Waals surface area contributed by atoms with Gasteiger partial charge in [-0.05, 0) is 18.6 Å². The first-order chi connectivity index (χ1) is 6.74. The van der Waals surface area contributed by atoms with Crippen LogP contribution in [0.5, 0.6) is 0 Å². The second-order valence-electron chi connectivity index (χ2n) is 3.39. The molecule has 14 heavy (non-hydrogen) atoms. The van der Waals surface area contributed by atoms with Gasteiger partial charge in [0.2, 0.25) is 0 Å². The number of hydrogen-bond acceptors (Lipinski definition) is 3. The molecule has 1 aromatic rings. The summed E-state index contributed by atoms with van der Waals surface area (Å²) < 4.78 is 0. The van der Waals surface area contributed by atoms with Crippen LogP contribution in [0.1, 0.15) is 27.9 Å². The minimum Gasteiger partial charge on any atom is -0.384 e. The molecule has 0 aliphatic carbocycles. The van der Waals surface area contributed by atoms with Crippen molar-refractivity contribution in [1.29, 1.82) is 5.26 Å². The number of rotatable bonds is 0. The van der Waals surface area contributed by atoms with E-state index in [1.54, 1.807) is 6.07 Å². The molecular formula is C11H10N2O. The van der Waals surface area contributed by atoms with Gasteiger partial charge in [-0.15, -0.1) is 0 Å². The van der Waals surface area contributed by atoms with Gasteiger partial charge >= 0.3 is 0 Å². The molecule has 2 rings (SSSR count). The molecule has 1 heterocycles. The highest BCUT2D eigenvalue weighted by molar-refractivity contribution is 6.05. The molecule has 1 N–H and O–H groups in total. The lowest BCUT2D eigenvalue weighted by atomic mass is 9.94. The standard InChI is InChI=1S/C11H10N2O/c1-7-2-3-8(6-12)10-9(14)4-5-13-11(7)10/h2-3,13H,4-5H2,1H3. The number of ketones is 1. The van der Waals surface area contributed by atoms with Crippen LogP contribution in [-0.2, 0) is 0 Å². The van der Waals surface area contributed by atoms with E-state index >= 15 is 0 Å². The fourth-order valence-corrected chi connectivity index (χ4v) is 1.74. The zero-order chi connectivity index (χ0) is 10.1. The van der Waals surface area contributed by atoms with E-state index in [4.69, 9.17) is 5.26 Å². The summed E-state index contributed by atoms with van der Waals surface area (Å²) in [5.41, 5.74) is 2.90. The van der Waals surface area contributed by atoms with Crippen molar-refractivity contribution < 1.29 is 4.79 Å². The molecule has 0 unspecified atom stereocenters. The van der Waals surface area contributed by atoms with Crippen LogP contribution in [0, 0.1) is 18.3 Å². The van der Waals surface area contributed by atoms with E-state index < -0.39 is 0 Å². The van der Waals surface area contributed by atoms with Gasteiger partial charge in [-0.2, -0.15) is 5.26 Å². The van der Waals surface area contributed by atoms with Gasteiger partial charge in [0.1, 0.15) is 0 Å². The minimum absolute atomic E-state index is 0.0685. The van der Waals surface area contributed by atoms with Crippen molar-refractivity contribution in [2.24, 2.45) is 0 Å². The summed E-state index contributed by atoms with van der Waals surface area (Å²) in [5, 5.41) is 12.0. The molecule has 0 amide bonds. The Morgan fingerprint density at radius 2 is 2.29 bits per heavy atom. The number of aryl methyl sites for hydroxylation is 1. The maximum absolute atomic E-state index is 11.6. The lowest BCUT2D eigenvalue weighted by Gasteiger charge is -2.19. The number of nitrogens with zero attached hydrogens (tertiary/aromatic N) is 1. The van der Waals surface area contributed by atoms with E-state index in [1.807, 2.05) is 13.0 Å². The number of fused-ring (bicyclic) bond motifs is 1. The molecule has 0 radical (unpaired) electrons. The van der Waals surface area contributed by atoms with E-state index in [-0.39, 0.29) is 5.78 Å². The highest BCUT2D eigenvalue weighted by atomic mass is 16.1. The Bertz CT molecular complexity index is 443. The number of benzene rings is 1. The SMILES string of the molecule is Cc1ccc(C#N)c2c1NCCC2=O. The zero-order valence-corrected chi connectivity index (χ0v) is 7.92. The summed E-state index contributed by atoms with van der Waals surface area (Å²) in [6, 6.07) is 5.62. The van der Waals surface area contributed by atoms with Gasteiger partial charge in [0, 0.05) is 18.7 Å². The normalized spacial score (nSPS) is 14.1. The van der Waals surface area contributed by atoms with Gasteiger partial charge < -0.3 is 5.32 Å². The Morgan fingerprint density at radius 1 is 1.50 bits per heavy atom. The Hall–Kier alpha value is -1.82. The molecule has 1 aliphatic heterocycles. The van der Waals surface area contributed by atoms with Crippen LogP contribution < -0.4 is 5.32 Å². The Morgan fingerprint density at radius 3 is 3.00 bits per heavy atom. The number of anilines is 1. The van der Waals surface area contributed by atoms with Gasteiger partial charge in [-0.3, -0.25) is 4.79 Å². The third-order valence-corrected chi connectivity index (χ3v) is 2.47. The molecule has 0 bridgehead atoms. The van der Waals surface area contributed by atoms with Crippen molar-refractivity contribution in [3.05, 3.63) is 28.8 Å². The lowest BCUT2D eigenvalue weighted by molar-refractivity contribution is 0.0983. The number of nitriles is 1. The lowest BCUT2D eigenvalue weighted by Crippen LogP contribution is -2.20.